The summed E-state index contributed by atoms with van der Waals surface area (Å²) in [4.78, 5) is 35.2. The standard InChI is InChI=1S/C23H32N4O4/c1-30-19-11-17-18(12-20(19)31-2)25-21(26-23(17)29)14-27-10-6-7-15(13-27)22(28)24-16-8-4-3-5-9-16/h11-12,15-16H,3-10,13-14H2,1-2H3,(H,24,28)(H,25,26,29). The third-order valence-corrected chi connectivity index (χ3v) is 6.46. The third-order valence-electron chi connectivity index (χ3n) is 6.46. The van der Waals surface area contributed by atoms with Crippen molar-refractivity contribution in [2.75, 3.05) is 27.3 Å². The molecule has 2 aliphatic rings. The quantitative estimate of drug-likeness (QED) is 0.734. The lowest BCUT2D eigenvalue weighted by Gasteiger charge is -2.33. The molecule has 4 rings (SSSR count). The number of likely N-dealkylation sites (tertiary alicyclic amines) is 1. The number of aromatic amines is 1. The molecule has 0 radical (unpaired) electrons. The van der Waals surface area contributed by atoms with E-state index in [4.69, 9.17) is 9.47 Å². The van der Waals surface area contributed by atoms with Crippen LogP contribution >= 0.6 is 0 Å². The van der Waals surface area contributed by atoms with Gasteiger partial charge in [0, 0.05) is 18.7 Å². The number of fused-ring (bicyclic) bond motifs is 1. The van der Waals surface area contributed by atoms with Gasteiger partial charge >= 0.3 is 0 Å². The molecule has 1 aromatic heterocycles. The van der Waals surface area contributed by atoms with Gasteiger partial charge in [0.1, 0.15) is 5.82 Å². The maximum absolute atomic E-state index is 12.8. The summed E-state index contributed by atoms with van der Waals surface area (Å²) in [5.74, 6) is 1.80. The number of aromatic nitrogens is 2. The number of amides is 1. The van der Waals surface area contributed by atoms with E-state index in [0.717, 1.165) is 32.2 Å². The molecule has 1 unspecified atom stereocenters. The van der Waals surface area contributed by atoms with Gasteiger partial charge in [-0.1, -0.05) is 19.3 Å². The summed E-state index contributed by atoms with van der Waals surface area (Å²) in [6, 6.07) is 3.71. The summed E-state index contributed by atoms with van der Waals surface area (Å²) in [5, 5.41) is 3.73. The summed E-state index contributed by atoms with van der Waals surface area (Å²) in [6.45, 7) is 2.08. The fourth-order valence-electron chi connectivity index (χ4n) is 4.78. The number of H-pyrrole nitrogens is 1. The molecule has 1 amide bonds. The summed E-state index contributed by atoms with van der Waals surface area (Å²) < 4.78 is 10.6. The maximum Gasteiger partial charge on any atom is 0.258 e. The molecule has 1 saturated heterocycles. The summed E-state index contributed by atoms with van der Waals surface area (Å²) in [6.07, 6.45) is 7.76. The second kappa shape index (κ2) is 9.68. The van der Waals surface area contributed by atoms with Crippen LogP contribution in [0, 0.1) is 5.92 Å². The smallest absolute Gasteiger partial charge is 0.258 e. The van der Waals surface area contributed by atoms with Crippen LogP contribution in [-0.4, -0.2) is 54.1 Å². The van der Waals surface area contributed by atoms with E-state index in [9.17, 15) is 9.59 Å². The zero-order valence-electron chi connectivity index (χ0n) is 18.4. The molecule has 1 atom stereocenters. The second-order valence-corrected chi connectivity index (χ2v) is 8.65. The fraction of sp³-hybridized carbons (Fsp3) is 0.609. The van der Waals surface area contributed by atoms with E-state index in [1.165, 1.54) is 26.4 Å². The molecule has 8 nitrogen and oxygen atoms in total. The van der Waals surface area contributed by atoms with Crippen LogP contribution in [0.1, 0.15) is 50.8 Å². The maximum atomic E-state index is 12.8. The molecule has 1 aromatic carbocycles. The Kier molecular flexibility index (Phi) is 6.75. The average molecular weight is 429 g/mol. The normalized spacial score (nSPS) is 20.5. The Morgan fingerprint density at radius 1 is 1.13 bits per heavy atom. The van der Waals surface area contributed by atoms with Gasteiger partial charge in [-0.15, -0.1) is 0 Å². The number of rotatable bonds is 6. The molecule has 1 aliphatic heterocycles. The number of nitrogens with one attached hydrogen (secondary N) is 2. The van der Waals surface area contributed by atoms with Crippen molar-refractivity contribution in [3.63, 3.8) is 0 Å². The number of benzene rings is 1. The monoisotopic (exact) mass is 428 g/mol. The van der Waals surface area contributed by atoms with E-state index in [1.54, 1.807) is 19.2 Å². The van der Waals surface area contributed by atoms with Crippen LogP contribution in [0.5, 0.6) is 11.5 Å². The van der Waals surface area contributed by atoms with E-state index in [-0.39, 0.29) is 17.4 Å². The highest BCUT2D eigenvalue weighted by molar-refractivity contribution is 5.82. The van der Waals surface area contributed by atoms with Crippen molar-refractivity contribution in [3.8, 4) is 11.5 Å². The van der Waals surface area contributed by atoms with Gasteiger partial charge in [-0.3, -0.25) is 14.5 Å². The molecular weight excluding hydrogens is 396 g/mol. The van der Waals surface area contributed by atoms with Crippen molar-refractivity contribution < 1.29 is 14.3 Å². The topological polar surface area (TPSA) is 96.5 Å². The highest BCUT2D eigenvalue weighted by atomic mass is 16.5. The van der Waals surface area contributed by atoms with Crippen LogP contribution in [0.2, 0.25) is 0 Å². The van der Waals surface area contributed by atoms with Gasteiger partial charge in [-0.25, -0.2) is 4.98 Å². The Labute approximate surface area is 182 Å². The molecule has 0 spiro atoms. The molecular formula is C23H32N4O4. The lowest BCUT2D eigenvalue weighted by atomic mass is 9.93. The van der Waals surface area contributed by atoms with Crippen LogP contribution in [-0.2, 0) is 11.3 Å². The van der Waals surface area contributed by atoms with Crippen LogP contribution in [0.4, 0.5) is 0 Å². The zero-order chi connectivity index (χ0) is 21.8. The Bertz CT molecular complexity index is 983. The number of nitrogens with zero attached hydrogens (tertiary/aromatic N) is 2. The predicted molar refractivity (Wildman–Crippen MR) is 118 cm³/mol. The van der Waals surface area contributed by atoms with Crippen molar-refractivity contribution in [1.29, 1.82) is 0 Å². The highest BCUT2D eigenvalue weighted by Gasteiger charge is 2.28. The average Bonchev–Trinajstić information content (AvgIpc) is 2.79. The largest absolute Gasteiger partial charge is 0.493 e. The van der Waals surface area contributed by atoms with Crippen molar-refractivity contribution in [2.24, 2.45) is 5.92 Å². The van der Waals surface area contributed by atoms with Gasteiger partial charge in [-0.2, -0.15) is 0 Å². The molecule has 1 aliphatic carbocycles. The van der Waals surface area contributed by atoms with Crippen LogP contribution in [0.15, 0.2) is 16.9 Å². The Hall–Kier alpha value is -2.61. The van der Waals surface area contributed by atoms with E-state index >= 15 is 0 Å². The minimum Gasteiger partial charge on any atom is -0.493 e. The SMILES string of the molecule is COc1cc2nc(CN3CCCC(C(=O)NC4CCCCC4)C3)[nH]c(=O)c2cc1OC. The molecule has 1 saturated carbocycles. The predicted octanol–water partition coefficient (Wildman–Crippen LogP) is 2.60. The Balaban J connectivity index is 1.45. The van der Waals surface area contributed by atoms with E-state index in [1.807, 2.05) is 0 Å². The minimum absolute atomic E-state index is 0.00721. The molecule has 168 valence electrons. The lowest BCUT2D eigenvalue weighted by molar-refractivity contribution is -0.127. The van der Waals surface area contributed by atoms with Gasteiger partial charge < -0.3 is 19.8 Å². The molecule has 8 heteroatoms. The number of carbonyl (C=O) groups is 1. The first-order valence-electron chi connectivity index (χ1n) is 11.2. The first-order chi connectivity index (χ1) is 15.1. The van der Waals surface area contributed by atoms with Gasteiger partial charge in [0.15, 0.2) is 11.5 Å². The highest BCUT2D eigenvalue weighted by Crippen LogP contribution is 2.30. The first-order valence-corrected chi connectivity index (χ1v) is 11.2. The summed E-state index contributed by atoms with van der Waals surface area (Å²) >= 11 is 0. The second-order valence-electron chi connectivity index (χ2n) is 8.65. The van der Waals surface area contributed by atoms with Crippen molar-refractivity contribution in [1.82, 2.24) is 20.2 Å². The molecule has 2 heterocycles. The van der Waals surface area contributed by atoms with Crippen LogP contribution in [0.3, 0.4) is 0 Å². The number of piperidine rings is 1. The van der Waals surface area contributed by atoms with Crippen LogP contribution in [0.25, 0.3) is 10.9 Å². The van der Waals surface area contributed by atoms with E-state index < -0.39 is 0 Å². The van der Waals surface area contributed by atoms with Gasteiger partial charge in [0.2, 0.25) is 5.91 Å². The van der Waals surface area contributed by atoms with Crippen molar-refractivity contribution >= 4 is 16.8 Å². The molecule has 2 aromatic rings. The number of methoxy groups -OCH3 is 2. The fourth-order valence-corrected chi connectivity index (χ4v) is 4.78. The van der Waals surface area contributed by atoms with Gasteiger partial charge in [-0.05, 0) is 38.3 Å². The lowest BCUT2D eigenvalue weighted by Crippen LogP contribution is -2.46. The van der Waals surface area contributed by atoms with E-state index in [0.29, 0.717) is 47.4 Å². The number of hydrogen-bond donors (Lipinski definition) is 2. The number of ether oxygens (including phenoxy) is 2. The molecule has 31 heavy (non-hydrogen) atoms. The molecule has 2 N–H and O–H groups in total. The molecule has 0 bridgehead atoms. The van der Waals surface area contributed by atoms with E-state index in [2.05, 4.69) is 20.2 Å². The van der Waals surface area contributed by atoms with Gasteiger partial charge in [0.25, 0.3) is 5.56 Å². The van der Waals surface area contributed by atoms with Crippen LogP contribution < -0.4 is 20.3 Å². The summed E-state index contributed by atoms with van der Waals surface area (Å²) in [7, 11) is 3.10. The third kappa shape index (κ3) is 5.01. The zero-order valence-corrected chi connectivity index (χ0v) is 18.4. The van der Waals surface area contributed by atoms with Crippen molar-refractivity contribution in [2.45, 2.75) is 57.5 Å². The van der Waals surface area contributed by atoms with Gasteiger partial charge in [0.05, 0.1) is 37.6 Å². The Morgan fingerprint density at radius 2 is 1.87 bits per heavy atom. The first kappa shape index (κ1) is 21.6. The number of carbonyl (C=O) groups excluding carboxylic acids is 1. The molecule has 2 fully saturated rings. The van der Waals surface area contributed by atoms with Crippen molar-refractivity contribution in [3.05, 3.63) is 28.3 Å². The Morgan fingerprint density at radius 3 is 2.61 bits per heavy atom. The minimum atomic E-state index is -0.204. The summed E-state index contributed by atoms with van der Waals surface area (Å²) in [5.41, 5.74) is 0.365. The number of hydrogen-bond acceptors (Lipinski definition) is 6.